The maximum absolute atomic E-state index is 9.28. The molecule has 0 bridgehead atoms. The number of hydrogen-bond donors (Lipinski definition) is 1. The van der Waals surface area contributed by atoms with E-state index >= 15 is 0 Å². The molecule has 0 aliphatic heterocycles. The van der Waals surface area contributed by atoms with E-state index in [1.165, 1.54) is 25.7 Å². The molecular weight excluding hydrogens is 211 g/mol. The van der Waals surface area contributed by atoms with Gasteiger partial charge in [0, 0.05) is 0 Å². The Labute approximate surface area is 86.1 Å². The Kier molecular flexibility index (Phi) is 8.89. The van der Waals surface area contributed by atoms with Crippen molar-refractivity contribution < 1.29 is 5.11 Å². The van der Waals surface area contributed by atoms with Gasteiger partial charge in [0.25, 0.3) is 7.42 Å². The molecule has 12 heavy (non-hydrogen) atoms. The molecule has 0 aromatic rings. The van der Waals surface area contributed by atoms with Gasteiger partial charge < -0.3 is 5.11 Å². The van der Waals surface area contributed by atoms with E-state index in [0.29, 0.717) is 0 Å². The van der Waals surface area contributed by atoms with Crippen molar-refractivity contribution in [3.05, 3.63) is 0 Å². The summed E-state index contributed by atoms with van der Waals surface area (Å²) >= 11 is 11.2. The summed E-state index contributed by atoms with van der Waals surface area (Å²) in [5.74, 6) is 0. The Morgan fingerprint density at radius 1 is 1.17 bits per heavy atom. The third-order valence-corrected chi connectivity index (χ3v) is 4.55. The third kappa shape index (κ3) is 7.41. The van der Waals surface area contributed by atoms with Gasteiger partial charge >= 0.3 is 0 Å². The number of halogens is 2. The number of aliphatic hydroxyl groups is 1. The first-order valence-electron chi connectivity index (χ1n) is 4.64. The summed E-state index contributed by atoms with van der Waals surface area (Å²) in [6.45, 7) is 2.19. The lowest BCUT2D eigenvalue weighted by Gasteiger charge is -2.08. The van der Waals surface area contributed by atoms with Crippen LogP contribution in [0.5, 0.6) is 0 Å². The monoisotopic (exact) mass is 228 g/mol. The normalized spacial score (nSPS) is 13.8. The minimum Gasteiger partial charge on any atom is -0.394 e. The van der Waals surface area contributed by atoms with E-state index in [9.17, 15) is 5.11 Å². The molecule has 0 aromatic carbocycles. The maximum Gasteiger partial charge on any atom is 0.264 e. The Morgan fingerprint density at radius 3 is 2.25 bits per heavy atom. The quantitative estimate of drug-likeness (QED) is 0.404. The van der Waals surface area contributed by atoms with Crippen LogP contribution in [-0.4, -0.2) is 18.3 Å². The van der Waals surface area contributed by atoms with Gasteiger partial charge in [-0.25, -0.2) is 0 Å². The molecule has 74 valence electrons. The lowest BCUT2D eigenvalue weighted by Crippen LogP contribution is -2.19. The molecule has 0 aliphatic carbocycles. The van der Waals surface area contributed by atoms with Crippen LogP contribution in [0.4, 0.5) is 0 Å². The number of unbranched alkanes of at least 4 members (excludes halogenated alkanes) is 4. The van der Waals surface area contributed by atoms with Crippen LogP contribution in [0.3, 0.4) is 0 Å². The van der Waals surface area contributed by atoms with Crippen LogP contribution in [0.1, 0.15) is 45.4 Å². The molecule has 1 atom stereocenters. The highest BCUT2D eigenvalue weighted by molar-refractivity contribution is 7.34. The van der Waals surface area contributed by atoms with Crippen LogP contribution in [-0.2, 0) is 0 Å². The van der Waals surface area contributed by atoms with Crippen LogP contribution in [0, 0.1) is 0 Å². The summed E-state index contributed by atoms with van der Waals surface area (Å²) in [6.07, 6.45) is 6.85. The Morgan fingerprint density at radius 2 is 1.75 bits per heavy atom. The van der Waals surface area contributed by atoms with Crippen molar-refractivity contribution in [1.82, 2.24) is 0 Å². The Hall–Kier alpha value is 0.757. The molecule has 0 radical (unpaired) electrons. The average molecular weight is 229 g/mol. The van der Waals surface area contributed by atoms with Gasteiger partial charge in [-0.2, -0.15) is 0 Å². The summed E-state index contributed by atoms with van der Waals surface area (Å²) in [7, 11) is -1.82. The van der Waals surface area contributed by atoms with Crippen molar-refractivity contribution in [1.29, 1.82) is 0 Å². The molecule has 1 unspecified atom stereocenters. The van der Waals surface area contributed by atoms with E-state index < -0.39 is 13.1 Å². The first-order chi connectivity index (χ1) is 5.68. The first-order valence-corrected chi connectivity index (χ1v) is 8.80. The molecule has 0 rings (SSSR count). The first kappa shape index (κ1) is 12.8. The highest BCUT2D eigenvalue weighted by Crippen LogP contribution is 2.12. The van der Waals surface area contributed by atoms with E-state index in [2.05, 4.69) is 6.92 Å². The molecule has 0 spiro atoms. The lowest BCUT2D eigenvalue weighted by atomic mass is 10.1. The molecule has 0 aliphatic rings. The number of rotatable bonds is 7. The van der Waals surface area contributed by atoms with Gasteiger partial charge in [0.2, 0.25) is 0 Å². The lowest BCUT2D eigenvalue weighted by molar-refractivity contribution is 0.237. The molecule has 0 saturated carbocycles. The van der Waals surface area contributed by atoms with Gasteiger partial charge in [0.15, 0.2) is 0 Å². The molecule has 0 saturated heterocycles. The second kappa shape index (κ2) is 8.36. The fourth-order valence-corrected chi connectivity index (χ4v) is 2.33. The molecule has 1 nitrogen and oxygen atoms in total. The molecule has 0 aromatic heterocycles. The minimum absolute atomic E-state index is 0.407. The van der Waals surface area contributed by atoms with Crippen LogP contribution < -0.4 is 0 Å². The van der Waals surface area contributed by atoms with Crippen LogP contribution in [0.15, 0.2) is 0 Å². The van der Waals surface area contributed by atoms with Crippen molar-refractivity contribution in [3.8, 4) is 0 Å². The molecule has 0 fully saturated rings. The largest absolute Gasteiger partial charge is 0.394 e. The van der Waals surface area contributed by atoms with Gasteiger partial charge in [0.1, 0.15) is 0 Å². The second-order valence-electron chi connectivity index (χ2n) is 3.10. The van der Waals surface area contributed by atoms with E-state index in [0.717, 1.165) is 12.8 Å². The molecule has 1 N–H and O–H groups in total. The number of aliphatic hydroxyl groups excluding tert-OH is 1. The van der Waals surface area contributed by atoms with Gasteiger partial charge in [-0.05, 0) is 6.42 Å². The summed E-state index contributed by atoms with van der Waals surface area (Å²) in [6, 6.07) is 0. The fraction of sp³-hybridized carbons (Fsp3) is 1.00. The van der Waals surface area contributed by atoms with Crippen molar-refractivity contribution in [2.75, 3.05) is 0 Å². The zero-order valence-electron chi connectivity index (χ0n) is 7.60. The number of hydrogen-bond acceptors (Lipinski definition) is 1. The van der Waals surface area contributed by atoms with Crippen molar-refractivity contribution in [2.45, 2.75) is 51.2 Å². The van der Waals surface area contributed by atoms with E-state index in [4.69, 9.17) is 22.2 Å². The van der Waals surface area contributed by atoms with Gasteiger partial charge in [-0.3, -0.25) is 0 Å². The van der Waals surface area contributed by atoms with Crippen molar-refractivity contribution in [2.24, 2.45) is 0 Å². The maximum atomic E-state index is 9.28. The van der Waals surface area contributed by atoms with E-state index in [1.807, 2.05) is 0 Å². The van der Waals surface area contributed by atoms with E-state index in [-0.39, 0.29) is 0 Å². The van der Waals surface area contributed by atoms with Crippen LogP contribution >= 0.6 is 22.2 Å². The SMILES string of the molecule is CCCCCCCC(O)[SiH](Cl)Cl. The summed E-state index contributed by atoms with van der Waals surface area (Å²) in [5, 5.41) is 9.28. The third-order valence-electron chi connectivity index (χ3n) is 1.89. The minimum atomic E-state index is -1.82. The van der Waals surface area contributed by atoms with Gasteiger partial charge in [0.05, 0.1) is 5.73 Å². The zero-order chi connectivity index (χ0) is 9.40. The predicted molar refractivity (Wildman–Crippen MR) is 58.2 cm³/mol. The highest BCUT2D eigenvalue weighted by atomic mass is 35.7. The Balaban J connectivity index is 3.08. The second-order valence-corrected chi connectivity index (χ2v) is 8.03. The summed E-state index contributed by atoms with van der Waals surface area (Å²) in [4.78, 5) is 0. The average Bonchev–Trinajstić information content (AvgIpc) is 2.03. The molecule has 0 heterocycles. The fourth-order valence-electron chi connectivity index (χ4n) is 1.08. The smallest absolute Gasteiger partial charge is 0.264 e. The van der Waals surface area contributed by atoms with Crippen molar-refractivity contribution >= 4 is 29.6 Å². The molecule has 0 amide bonds. The van der Waals surface area contributed by atoms with Gasteiger partial charge in [-0.1, -0.05) is 39.0 Å². The Bertz CT molecular complexity index is 101. The standard InChI is InChI=1S/C8H18Cl2OSi/c1-2-3-4-5-6-7-8(11)12(9)10/h8,11-12H,2-7H2,1H3. The molecular formula is C8H18Cl2OSi. The van der Waals surface area contributed by atoms with Crippen LogP contribution in [0.25, 0.3) is 0 Å². The van der Waals surface area contributed by atoms with Crippen molar-refractivity contribution in [3.63, 3.8) is 0 Å². The topological polar surface area (TPSA) is 20.2 Å². The predicted octanol–water partition coefficient (Wildman–Crippen LogP) is 2.95. The summed E-state index contributed by atoms with van der Waals surface area (Å²) < 4.78 is 0. The van der Waals surface area contributed by atoms with Crippen LogP contribution in [0.2, 0.25) is 0 Å². The summed E-state index contributed by atoms with van der Waals surface area (Å²) in [5.41, 5.74) is -0.407. The van der Waals surface area contributed by atoms with E-state index in [1.54, 1.807) is 0 Å². The highest BCUT2D eigenvalue weighted by Gasteiger charge is 2.14. The molecule has 4 heteroatoms. The van der Waals surface area contributed by atoms with Gasteiger partial charge in [-0.15, -0.1) is 22.2 Å². The zero-order valence-corrected chi connectivity index (χ0v) is 10.3.